The van der Waals surface area contributed by atoms with Crippen molar-refractivity contribution in [3.8, 4) is 6.07 Å². The topological polar surface area (TPSA) is 93.9 Å². The molecule has 0 aromatic heterocycles. The third-order valence-electron chi connectivity index (χ3n) is 4.44. The van der Waals surface area contributed by atoms with Crippen LogP contribution in [0.25, 0.3) is 0 Å². The maximum absolute atomic E-state index is 12.1. The third kappa shape index (κ3) is 3.06. The molecule has 0 bridgehead atoms. The maximum atomic E-state index is 12.1. The van der Waals surface area contributed by atoms with Gasteiger partial charge >= 0.3 is 12.2 Å². The van der Waals surface area contributed by atoms with Crippen molar-refractivity contribution in [3.05, 3.63) is 35.4 Å². The Hall–Kier alpha value is -2.75. The van der Waals surface area contributed by atoms with Crippen molar-refractivity contribution >= 4 is 12.2 Å². The van der Waals surface area contributed by atoms with Crippen LogP contribution in [0.3, 0.4) is 0 Å². The zero-order chi connectivity index (χ0) is 16.4. The zero-order valence-electron chi connectivity index (χ0n) is 12.6. The molecule has 1 aromatic rings. The van der Waals surface area contributed by atoms with Crippen molar-refractivity contribution in [1.82, 2.24) is 9.80 Å². The average Bonchev–Trinajstić information content (AvgIpc) is 2.84. The maximum Gasteiger partial charge on any atom is 0.410 e. The molecule has 2 fully saturated rings. The first kappa shape index (κ1) is 15.2. The highest BCUT2D eigenvalue weighted by Crippen LogP contribution is 2.34. The molecule has 7 nitrogen and oxygen atoms in total. The Morgan fingerprint density at radius 2 is 1.96 bits per heavy atom. The smallest absolute Gasteiger partial charge is 0.410 e. The number of carbonyl (C=O) groups excluding carboxylic acids is 1. The Kier molecular flexibility index (Phi) is 3.82. The number of piperidine rings is 1. The summed E-state index contributed by atoms with van der Waals surface area (Å²) in [5, 5.41) is 17.8. The summed E-state index contributed by atoms with van der Waals surface area (Å²) >= 11 is 0. The van der Waals surface area contributed by atoms with Gasteiger partial charge in [-0.05, 0) is 17.7 Å². The van der Waals surface area contributed by atoms with Crippen LogP contribution in [0.2, 0.25) is 0 Å². The number of hydrogen-bond donors (Lipinski definition) is 1. The number of rotatable bonds is 2. The molecule has 0 unspecified atom stereocenters. The van der Waals surface area contributed by atoms with Gasteiger partial charge in [-0.3, -0.25) is 4.90 Å². The number of carbonyl (C=O) groups is 2. The van der Waals surface area contributed by atoms with Gasteiger partial charge in [-0.1, -0.05) is 12.1 Å². The third-order valence-corrected chi connectivity index (χ3v) is 4.44. The van der Waals surface area contributed by atoms with E-state index in [9.17, 15) is 9.59 Å². The summed E-state index contributed by atoms with van der Waals surface area (Å²) in [4.78, 5) is 26.1. The number of carboxylic acid groups (broad SMARTS) is 1. The minimum atomic E-state index is -0.932. The Labute approximate surface area is 133 Å². The van der Waals surface area contributed by atoms with Crippen molar-refractivity contribution in [1.29, 1.82) is 5.26 Å². The molecule has 0 aliphatic carbocycles. The molecular weight excluding hydrogens is 298 g/mol. The molecule has 0 atom stereocenters. The predicted molar refractivity (Wildman–Crippen MR) is 79.6 cm³/mol. The summed E-state index contributed by atoms with van der Waals surface area (Å²) < 4.78 is 5.56. The Morgan fingerprint density at radius 3 is 2.52 bits per heavy atom. The fourth-order valence-electron chi connectivity index (χ4n) is 3.09. The van der Waals surface area contributed by atoms with Crippen LogP contribution < -0.4 is 0 Å². The van der Waals surface area contributed by atoms with E-state index in [2.05, 4.69) is 6.07 Å². The molecule has 7 heteroatoms. The predicted octanol–water partition coefficient (Wildman–Crippen LogP) is 2.02. The summed E-state index contributed by atoms with van der Waals surface area (Å²) in [5.41, 5.74) is 0.937. The fraction of sp³-hybridized carbons (Fsp3) is 0.438. The molecule has 2 heterocycles. The highest BCUT2D eigenvalue weighted by molar-refractivity contribution is 5.71. The minimum Gasteiger partial charge on any atom is -0.465 e. The van der Waals surface area contributed by atoms with Crippen LogP contribution in [-0.2, 0) is 11.3 Å². The second-order valence-corrected chi connectivity index (χ2v) is 5.99. The summed E-state index contributed by atoms with van der Waals surface area (Å²) in [6.45, 7) is 1.66. The van der Waals surface area contributed by atoms with E-state index in [0.717, 1.165) is 5.56 Å². The lowest BCUT2D eigenvalue weighted by atomic mass is 9.91. The fourth-order valence-corrected chi connectivity index (χ4v) is 3.09. The van der Waals surface area contributed by atoms with Crippen molar-refractivity contribution < 1.29 is 19.4 Å². The zero-order valence-corrected chi connectivity index (χ0v) is 12.6. The molecule has 2 amide bonds. The average molecular weight is 315 g/mol. The molecule has 2 aliphatic heterocycles. The minimum absolute atomic E-state index is 0.363. The van der Waals surface area contributed by atoms with E-state index in [1.165, 1.54) is 4.90 Å². The van der Waals surface area contributed by atoms with Gasteiger partial charge in [0, 0.05) is 32.5 Å². The van der Waals surface area contributed by atoms with Crippen LogP contribution in [-0.4, -0.2) is 52.3 Å². The SMILES string of the molecule is N#Cc1ccc(CN2CC3(CCN(C(=O)O)CC3)OC2=O)cc1. The van der Waals surface area contributed by atoms with Gasteiger partial charge in [0.1, 0.15) is 5.60 Å². The van der Waals surface area contributed by atoms with Crippen molar-refractivity contribution in [2.45, 2.75) is 25.0 Å². The van der Waals surface area contributed by atoms with Crippen molar-refractivity contribution in [2.24, 2.45) is 0 Å². The molecule has 120 valence electrons. The summed E-state index contributed by atoms with van der Waals surface area (Å²) in [5.74, 6) is 0. The van der Waals surface area contributed by atoms with Gasteiger partial charge in [0.15, 0.2) is 0 Å². The van der Waals surface area contributed by atoms with Gasteiger partial charge in [-0.15, -0.1) is 0 Å². The van der Waals surface area contributed by atoms with Gasteiger partial charge in [0.2, 0.25) is 0 Å². The first-order chi connectivity index (χ1) is 11.0. The van der Waals surface area contributed by atoms with E-state index >= 15 is 0 Å². The van der Waals surface area contributed by atoms with E-state index < -0.39 is 11.7 Å². The molecule has 23 heavy (non-hydrogen) atoms. The number of nitrogens with zero attached hydrogens (tertiary/aromatic N) is 3. The second kappa shape index (κ2) is 5.80. The first-order valence-corrected chi connectivity index (χ1v) is 7.46. The molecule has 0 saturated carbocycles. The molecule has 2 saturated heterocycles. The number of amides is 2. The lowest BCUT2D eigenvalue weighted by Gasteiger charge is -2.36. The number of likely N-dealkylation sites (tertiary alicyclic amines) is 1. The molecule has 1 aromatic carbocycles. The normalized spacial score (nSPS) is 19.5. The Balaban J connectivity index is 1.63. The van der Waals surface area contributed by atoms with Crippen molar-refractivity contribution in [3.63, 3.8) is 0 Å². The molecular formula is C16H17N3O4. The number of benzene rings is 1. The van der Waals surface area contributed by atoms with Crippen molar-refractivity contribution in [2.75, 3.05) is 19.6 Å². The summed E-state index contributed by atoms with van der Waals surface area (Å²) in [7, 11) is 0. The van der Waals surface area contributed by atoms with E-state index in [0.29, 0.717) is 44.6 Å². The summed E-state index contributed by atoms with van der Waals surface area (Å²) in [6.07, 6.45) is -0.249. The number of nitriles is 1. The van der Waals surface area contributed by atoms with Crippen LogP contribution in [0.1, 0.15) is 24.0 Å². The van der Waals surface area contributed by atoms with Gasteiger partial charge in [-0.2, -0.15) is 5.26 Å². The van der Waals surface area contributed by atoms with Crippen LogP contribution in [0.15, 0.2) is 24.3 Å². The van der Waals surface area contributed by atoms with Crippen LogP contribution in [0, 0.1) is 11.3 Å². The monoisotopic (exact) mass is 315 g/mol. The first-order valence-electron chi connectivity index (χ1n) is 7.46. The van der Waals surface area contributed by atoms with Gasteiger partial charge < -0.3 is 14.7 Å². The Bertz CT molecular complexity index is 657. The number of hydrogen-bond acceptors (Lipinski definition) is 4. The van der Waals surface area contributed by atoms with E-state index in [4.69, 9.17) is 15.1 Å². The molecule has 0 radical (unpaired) electrons. The van der Waals surface area contributed by atoms with E-state index in [1.807, 2.05) is 12.1 Å². The van der Waals surface area contributed by atoms with Gasteiger partial charge in [0.05, 0.1) is 18.2 Å². The standard InChI is InChI=1S/C16H17N3O4/c17-9-12-1-3-13(4-2-12)10-19-11-16(23-15(19)22)5-7-18(8-6-16)14(20)21/h1-4H,5-8,10-11H2,(H,20,21). The quantitative estimate of drug-likeness (QED) is 0.901. The Morgan fingerprint density at radius 1 is 1.30 bits per heavy atom. The molecule has 2 aliphatic rings. The number of ether oxygens (including phenoxy) is 1. The lowest BCUT2D eigenvalue weighted by molar-refractivity contribution is 0.00431. The van der Waals surface area contributed by atoms with Crippen LogP contribution >= 0.6 is 0 Å². The highest BCUT2D eigenvalue weighted by atomic mass is 16.6. The van der Waals surface area contributed by atoms with E-state index in [-0.39, 0.29) is 6.09 Å². The van der Waals surface area contributed by atoms with Crippen LogP contribution in [0.5, 0.6) is 0 Å². The highest BCUT2D eigenvalue weighted by Gasteiger charge is 2.47. The van der Waals surface area contributed by atoms with Gasteiger partial charge in [-0.25, -0.2) is 9.59 Å². The van der Waals surface area contributed by atoms with Crippen LogP contribution in [0.4, 0.5) is 9.59 Å². The molecule has 1 spiro atoms. The summed E-state index contributed by atoms with van der Waals surface area (Å²) in [6, 6.07) is 9.15. The second-order valence-electron chi connectivity index (χ2n) is 5.99. The van der Waals surface area contributed by atoms with Gasteiger partial charge in [0.25, 0.3) is 0 Å². The molecule has 1 N–H and O–H groups in total. The molecule has 3 rings (SSSR count). The largest absolute Gasteiger partial charge is 0.465 e. The lowest BCUT2D eigenvalue weighted by Crippen LogP contribution is -2.48. The van der Waals surface area contributed by atoms with E-state index in [1.54, 1.807) is 17.0 Å².